The quantitative estimate of drug-likeness (QED) is 0.0222. The summed E-state index contributed by atoms with van der Waals surface area (Å²) in [6, 6.07) is 0. The standard InChI is InChI=1S/C80H156O17P2/c1-6-9-12-15-18-21-24-26-28-30-32-34-36-39-44-49-54-59-64-78(83)91-69-75(96-79(84)65-60-55-50-45-40-37-35-33-31-29-27-25-22-19-16-13-10-7-2)71-94-98(86,87)92-67-74(81)68-93-99(88,89)95-72-76(70-90-77(82)63-58-53-48-43-38-23-20-17-14-11-8-3)97-80(85)66-61-56-51-46-41-42-47-52-57-62-73(4)5/h73-76,81H,6-72H2,1-5H3,(H,86,87)(H,88,89)/t74-,75-,76-/m1/s1. The summed E-state index contributed by atoms with van der Waals surface area (Å²) in [7, 11) is -9.92. The third-order valence-corrected chi connectivity index (χ3v) is 20.7. The molecule has 5 atom stereocenters. The van der Waals surface area contributed by atoms with E-state index in [1.807, 2.05) is 0 Å². The molecule has 3 N–H and O–H groups in total. The van der Waals surface area contributed by atoms with E-state index in [0.717, 1.165) is 95.8 Å². The third-order valence-electron chi connectivity index (χ3n) is 18.8. The number of unbranched alkanes of at least 4 members (excludes halogenated alkanes) is 52. The summed E-state index contributed by atoms with van der Waals surface area (Å²) in [5.74, 6) is -1.37. The molecular formula is C80H156O17P2. The molecule has 0 aliphatic carbocycles. The summed E-state index contributed by atoms with van der Waals surface area (Å²) in [5.41, 5.74) is 0. The lowest BCUT2D eigenvalue weighted by atomic mass is 10.0. The number of aliphatic hydroxyl groups excluding tert-OH is 1. The van der Waals surface area contributed by atoms with Crippen LogP contribution >= 0.6 is 15.6 Å². The molecule has 0 bridgehead atoms. The first-order chi connectivity index (χ1) is 48.0. The number of phosphoric ester groups is 2. The van der Waals surface area contributed by atoms with Crippen molar-refractivity contribution in [3.8, 4) is 0 Å². The Morgan fingerprint density at radius 3 is 0.687 bits per heavy atom. The Hall–Kier alpha value is -1.94. The molecule has 0 saturated heterocycles. The van der Waals surface area contributed by atoms with Crippen LogP contribution in [0.15, 0.2) is 0 Å². The van der Waals surface area contributed by atoms with Gasteiger partial charge in [-0.3, -0.25) is 37.3 Å². The van der Waals surface area contributed by atoms with Crippen LogP contribution in [0.1, 0.15) is 426 Å². The summed E-state index contributed by atoms with van der Waals surface area (Å²) < 4.78 is 68.7. The van der Waals surface area contributed by atoms with Gasteiger partial charge in [-0.2, -0.15) is 0 Å². The smallest absolute Gasteiger partial charge is 0.462 e. The minimum atomic E-state index is -4.96. The van der Waals surface area contributed by atoms with Gasteiger partial charge in [0.25, 0.3) is 0 Å². The van der Waals surface area contributed by atoms with E-state index in [9.17, 15) is 43.2 Å². The van der Waals surface area contributed by atoms with Crippen molar-refractivity contribution in [2.45, 2.75) is 445 Å². The van der Waals surface area contributed by atoms with E-state index in [4.69, 9.17) is 37.0 Å². The van der Waals surface area contributed by atoms with Crippen molar-refractivity contribution in [3.05, 3.63) is 0 Å². The van der Waals surface area contributed by atoms with Crippen molar-refractivity contribution in [2.24, 2.45) is 5.92 Å². The van der Waals surface area contributed by atoms with Crippen LogP contribution < -0.4 is 0 Å². The third kappa shape index (κ3) is 74.1. The van der Waals surface area contributed by atoms with Crippen LogP contribution in [0.3, 0.4) is 0 Å². The molecule has 0 aliphatic rings. The molecule has 17 nitrogen and oxygen atoms in total. The highest BCUT2D eigenvalue weighted by Crippen LogP contribution is 2.45. The number of hydrogen-bond acceptors (Lipinski definition) is 15. The topological polar surface area (TPSA) is 237 Å². The molecular weight excluding hydrogens is 1290 g/mol. The van der Waals surface area contributed by atoms with E-state index in [1.165, 1.54) is 250 Å². The molecule has 0 aromatic heterocycles. The Morgan fingerprint density at radius 2 is 0.465 bits per heavy atom. The lowest BCUT2D eigenvalue weighted by Gasteiger charge is -2.21. The fraction of sp³-hybridized carbons (Fsp3) is 0.950. The highest BCUT2D eigenvalue weighted by atomic mass is 31.2. The van der Waals surface area contributed by atoms with E-state index >= 15 is 0 Å². The predicted molar refractivity (Wildman–Crippen MR) is 405 cm³/mol. The maximum atomic E-state index is 13.1. The molecule has 2 unspecified atom stereocenters. The first-order valence-corrected chi connectivity index (χ1v) is 44.6. The molecule has 0 rings (SSSR count). The van der Waals surface area contributed by atoms with E-state index in [2.05, 4.69) is 34.6 Å². The first kappa shape index (κ1) is 97.1. The van der Waals surface area contributed by atoms with Gasteiger partial charge in [0, 0.05) is 25.7 Å². The average Bonchev–Trinajstić information content (AvgIpc) is 1.07. The van der Waals surface area contributed by atoms with E-state index < -0.39 is 97.5 Å². The number of carbonyl (C=O) groups excluding carboxylic acids is 4. The monoisotopic (exact) mass is 1450 g/mol. The number of aliphatic hydroxyl groups is 1. The van der Waals surface area contributed by atoms with Crippen molar-refractivity contribution in [1.82, 2.24) is 0 Å². The zero-order valence-corrected chi connectivity index (χ0v) is 66.4. The average molecular weight is 1450 g/mol. The van der Waals surface area contributed by atoms with Gasteiger partial charge in [-0.15, -0.1) is 0 Å². The Kier molecular flexibility index (Phi) is 71.6. The summed E-state index contributed by atoms with van der Waals surface area (Å²) in [5, 5.41) is 10.6. The van der Waals surface area contributed by atoms with Gasteiger partial charge in [-0.05, 0) is 31.6 Å². The molecule has 0 amide bonds. The maximum Gasteiger partial charge on any atom is 0.472 e. The van der Waals surface area contributed by atoms with Crippen LogP contribution in [0.5, 0.6) is 0 Å². The Bertz CT molecular complexity index is 1890. The highest BCUT2D eigenvalue weighted by Gasteiger charge is 2.30. The molecule has 0 aliphatic heterocycles. The zero-order chi connectivity index (χ0) is 72.7. The number of hydrogen-bond donors (Lipinski definition) is 3. The first-order valence-electron chi connectivity index (χ1n) is 41.6. The summed E-state index contributed by atoms with van der Waals surface area (Å²) in [6.07, 6.45) is 63.8. The van der Waals surface area contributed by atoms with Crippen LogP contribution in [0.2, 0.25) is 0 Å². The molecule has 0 fully saturated rings. The van der Waals surface area contributed by atoms with Gasteiger partial charge in [-0.1, -0.05) is 375 Å². The molecule has 99 heavy (non-hydrogen) atoms. The molecule has 0 radical (unpaired) electrons. The number of esters is 4. The summed E-state index contributed by atoms with van der Waals surface area (Å²) in [4.78, 5) is 73.0. The zero-order valence-electron chi connectivity index (χ0n) is 64.6. The van der Waals surface area contributed by atoms with Gasteiger partial charge >= 0.3 is 39.5 Å². The van der Waals surface area contributed by atoms with Gasteiger partial charge in [0.1, 0.15) is 19.3 Å². The highest BCUT2D eigenvalue weighted by molar-refractivity contribution is 7.47. The second-order valence-electron chi connectivity index (χ2n) is 29.3. The molecule has 19 heteroatoms. The number of phosphoric acid groups is 2. The Labute approximate surface area is 607 Å². The lowest BCUT2D eigenvalue weighted by molar-refractivity contribution is -0.161. The minimum Gasteiger partial charge on any atom is -0.462 e. The SMILES string of the molecule is CCCCCCCCCCCCCCCCCCCCC(=O)OC[C@H](COP(=O)(O)OC[C@@H](O)COP(=O)(O)OC[C@@H](COC(=O)CCCCCCCCCCCCC)OC(=O)CCCCCCCCCCCC(C)C)OC(=O)CCCCCCCCCCCCCCCCCCCC. The van der Waals surface area contributed by atoms with Gasteiger partial charge in [0.2, 0.25) is 0 Å². The molecule has 0 saturated carbocycles. The molecule has 0 heterocycles. The lowest BCUT2D eigenvalue weighted by Crippen LogP contribution is -2.30. The van der Waals surface area contributed by atoms with Crippen LogP contribution in [0.4, 0.5) is 0 Å². The largest absolute Gasteiger partial charge is 0.472 e. The molecule has 588 valence electrons. The van der Waals surface area contributed by atoms with Crippen molar-refractivity contribution < 1.29 is 80.2 Å². The van der Waals surface area contributed by atoms with Crippen molar-refractivity contribution in [2.75, 3.05) is 39.6 Å². The Balaban J connectivity index is 5.23. The van der Waals surface area contributed by atoms with Crippen LogP contribution in [0, 0.1) is 5.92 Å². The van der Waals surface area contributed by atoms with E-state index in [0.29, 0.717) is 25.7 Å². The predicted octanol–water partition coefficient (Wildman–Crippen LogP) is 24.0. The van der Waals surface area contributed by atoms with Gasteiger partial charge < -0.3 is 33.8 Å². The van der Waals surface area contributed by atoms with Gasteiger partial charge in [0.05, 0.1) is 26.4 Å². The fourth-order valence-electron chi connectivity index (χ4n) is 12.4. The molecule has 0 aromatic carbocycles. The minimum absolute atomic E-state index is 0.106. The second kappa shape index (κ2) is 73.0. The van der Waals surface area contributed by atoms with Gasteiger partial charge in [0.15, 0.2) is 12.2 Å². The number of rotatable bonds is 80. The Morgan fingerprint density at radius 1 is 0.273 bits per heavy atom. The molecule has 0 aromatic rings. The maximum absolute atomic E-state index is 13.1. The van der Waals surface area contributed by atoms with Crippen molar-refractivity contribution in [1.29, 1.82) is 0 Å². The van der Waals surface area contributed by atoms with Crippen molar-refractivity contribution in [3.63, 3.8) is 0 Å². The number of ether oxygens (including phenoxy) is 4. The fourth-order valence-corrected chi connectivity index (χ4v) is 14.0. The molecule has 0 spiro atoms. The van der Waals surface area contributed by atoms with Crippen LogP contribution in [-0.4, -0.2) is 96.7 Å². The van der Waals surface area contributed by atoms with Crippen LogP contribution in [-0.2, 0) is 65.4 Å². The summed E-state index contributed by atoms with van der Waals surface area (Å²) in [6.45, 7) is 7.30. The van der Waals surface area contributed by atoms with Gasteiger partial charge in [-0.25, -0.2) is 9.13 Å². The van der Waals surface area contributed by atoms with E-state index in [-0.39, 0.29) is 25.7 Å². The second-order valence-corrected chi connectivity index (χ2v) is 32.2. The summed E-state index contributed by atoms with van der Waals surface area (Å²) >= 11 is 0. The number of carbonyl (C=O) groups is 4. The van der Waals surface area contributed by atoms with Crippen molar-refractivity contribution >= 4 is 39.5 Å². The normalized spacial score (nSPS) is 13.9. The van der Waals surface area contributed by atoms with Crippen LogP contribution in [0.25, 0.3) is 0 Å². The van der Waals surface area contributed by atoms with E-state index in [1.54, 1.807) is 0 Å².